The zero-order valence-electron chi connectivity index (χ0n) is 13.5. The highest BCUT2D eigenvalue weighted by Crippen LogP contribution is 2.29. The third-order valence-electron chi connectivity index (χ3n) is 4.02. The van der Waals surface area contributed by atoms with Crippen LogP contribution in [0.1, 0.15) is 21.6 Å². The predicted octanol–water partition coefficient (Wildman–Crippen LogP) is 4.50. The summed E-state index contributed by atoms with van der Waals surface area (Å²) in [5.41, 5.74) is 1.96. The van der Waals surface area contributed by atoms with Crippen LogP contribution in [0.2, 0.25) is 0 Å². The van der Waals surface area contributed by atoms with Gasteiger partial charge in [-0.25, -0.2) is 8.78 Å². The lowest BCUT2D eigenvalue weighted by Crippen LogP contribution is -2.13. The summed E-state index contributed by atoms with van der Waals surface area (Å²) in [6.45, 7) is 1.69. The van der Waals surface area contributed by atoms with E-state index in [1.165, 1.54) is 30.3 Å². The quantitative estimate of drug-likeness (QED) is 0.659. The van der Waals surface area contributed by atoms with Gasteiger partial charge in [0, 0.05) is 16.8 Å². The van der Waals surface area contributed by atoms with Crippen LogP contribution in [-0.4, -0.2) is 10.4 Å². The second-order valence-corrected chi connectivity index (χ2v) is 5.66. The average molecular weight is 336 g/mol. The highest BCUT2D eigenvalue weighted by Gasteiger charge is 2.19. The van der Waals surface area contributed by atoms with Gasteiger partial charge in [-0.1, -0.05) is 12.1 Å². The Morgan fingerprint density at radius 2 is 1.80 bits per heavy atom. The number of halogens is 2. The number of nitriles is 1. The minimum absolute atomic E-state index is 0.0667. The fourth-order valence-corrected chi connectivity index (χ4v) is 2.78. The van der Waals surface area contributed by atoms with Crippen molar-refractivity contribution in [2.24, 2.45) is 0 Å². The van der Waals surface area contributed by atoms with Gasteiger partial charge in [-0.05, 0) is 49.4 Å². The van der Waals surface area contributed by atoms with E-state index in [-0.39, 0.29) is 17.9 Å². The number of ketones is 1. The molecular formula is C20H14F2N2O. The Morgan fingerprint density at radius 3 is 2.44 bits per heavy atom. The Morgan fingerprint density at radius 1 is 1.12 bits per heavy atom. The molecule has 0 N–H and O–H groups in total. The molecule has 0 amide bonds. The summed E-state index contributed by atoms with van der Waals surface area (Å²) in [4.78, 5) is 12.5. The third-order valence-corrected chi connectivity index (χ3v) is 4.02. The topological polar surface area (TPSA) is 45.8 Å². The molecule has 0 unspecified atom stereocenters. The summed E-state index contributed by atoms with van der Waals surface area (Å²) in [6.07, 6.45) is 0. The molecule has 0 saturated heterocycles. The molecule has 0 spiro atoms. The fraction of sp³-hybridized carbons (Fsp3) is 0.100. The van der Waals surface area contributed by atoms with Crippen molar-refractivity contribution in [1.82, 2.24) is 4.57 Å². The smallest absolute Gasteiger partial charge is 0.182 e. The minimum atomic E-state index is -0.465. The number of aryl methyl sites for hydroxylation is 1. The van der Waals surface area contributed by atoms with E-state index in [0.29, 0.717) is 22.5 Å². The maximum absolute atomic E-state index is 14.2. The van der Waals surface area contributed by atoms with Crippen molar-refractivity contribution in [3.05, 3.63) is 83.1 Å². The van der Waals surface area contributed by atoms with Crippen molar-refractivity contribution in [3.8, 4) is 17.3 Å². The minimum Gasteiger partial charge on any atom is -0.336 e. The van der Waals surface area contributed by atoms with Gasteiger partial charge in [0.1, 0.15) is 17.7 Å². The van der Waals surface area contributed by atoms with E-state index >= 15 is 0 Å². The Kier molecular flexibility index (Phi) is 4.44. The highest BCUT2D eigenvalue weighted by molar-refractivity contribution is 5.96. The molecule has 0 saturated carbocycles. The summed E-state index contributed by atoms with van der Waals surface area (Å²) in [7, 11) is 0. The number of carbonyl (C=O) groups is 1. The van der Waals surface area contributed by atoms with Gasteiger partial charge in [0.2, 0.25) is 0 Å². The van der Waals surface area contributed by atoms with Gasteiger partial charge in [0.15, 0.2) is 5.78 Å². The second kappa shape index (κ2) is 6.70. The Hall–Kier alpha value is -3.26. The van der Waals surface area contributed by atoms with Crippen molar-refractivity contribution in [1.29, 1.82) is 5.26 Å². The van der Waals surface area contributed by atoms with E-state index in [9.17, 15) is 18.8 Å². The van der Waals surface area contributed by atoms with Crippen LogP contribution >= 0.6 is 0 Å². The molecule has 0 bridgehead atoms. The summed E-state index contributed by atoms with van der Waals surface area (Å²) in [5, 5.41) is 9.38. The number of aromatic nitrogens is 1. The number of benzene rings is 2. The van der Waals surface area contributed by atoms with E-state index in [1.54, 1.807) is 35.8 Å². The van der Waals surface area contributed by atoms with Gasteiger partial charge in [-0.2, -0.15) is 5.26 Å². The van der Waals surface area contributed by atoms with Crippen molar-refractivity contribution in [3.63, 3.8) is 0 Å². The monoisotopic (exact) mass is 336 g/mol. The van der Waals surface area contributed by atoms with Crippen molar-refractivity contribution >= 4 is 5.78 Å². The highest BCUT2D eigenvalue weighted by atomic mass is 19.1. The van der Waals surface area contributed by atoms with Crippen molar-refractivity contribution in [2.45, 2.75) is 13.5 Å². The van der Waals surface area contributed by atoms with Crippen LogP contribution in [0.4, 0.5) is 8.78 Å². The molecule has 0 radical (unpaired) electrons. The predicted molar refractivity (Wildman–Crippen MR) is 90.0 cm³/mol. The second-order valence-electron chi connectivity index (χ2n) is 5.66. The lowest BCUT2D eigenvalue weighted by Gasteiger charge is -2.12. The molecular weight excluding hydrogens is 322 g/mol. The molecule has 0 aliphatic carbocycles. The number of Topliss-reactive ketones (excluding diaryl/α,β-unsaturated/α-hetero) is 1. The Bertz CT molecular complexity index is 982. The van der Waals surface area contributed by atoms with Gasteiger partial charge < -0.3 is 4.57 Å². The summed E-state index contributed by atoms with van der Waals surface area (Å²) >= 11 is 0. The zero-order valence-corrected chi connectivity index (χ0v) is 13.5. The summed E-state index contributed by atoms with van der Waals surface area (Å²) in [5.74, 6) is -1.14. The molecule has 0 aliphatic heterocycles. The number of hydrogen-bond acceptors (Lipinski definition) is 2. The van der Waals surface area contributed by atoms with E-state index < -0.39 is 11.6 Å². The maximum Gasteiger partial charge on any atom is 0.182 e. The molecule has 3 aromatic rings. The number of rotatable bonds is 4. The van der Waals surface area contributed by atoms with Crippen molar-refractivity contribution in [2.75, 3.05) is 0 Å². The first-order chi connectivity index (χ1) is 12.0. The molecule has 3 nitrogen and oxygen atoms in total. The molecule has 0 atom stereocenters. The Balaban J connectivity index is 2.06. The fourth-order valence-electron chi connectivity index (χ4n) is 2.78. The van der Waals surface area contributed by atoms with Crippen molar-refractivity contribution < 1.29 is 13.6 Å². The van der Waals surface area contributed by atoms with Crippen LogP contribution in [0.5, 0.6) is 0 Å². The molecule has 0 fully saturated rings. The molecule has 25 heavy (non-hydrogen) atoms. The number of hydrogen-bond donors (Lipinski definition) is 0. The summed E-state index contributed by atoms with van der Waals surface area (Å²) in [6, 6.07) is 15.0. The Labute approximate surface area is 143 Å². The number of nitrogens with zero attached hydrogens (tertiary/aromatic N) is 2. The molecule has 0 aliphatic rings. The first-order valence-corrected chi connectivity index (χ1v) is 7.65. The largest absolute Gasteiger partial charge is 0.336 e. The average Bonchev–Trinajstić information content (AvgIpc) is 2.91. The van der Waals surface area contributed by atoms with Crippen LogP contribution in [0, 0.1) is 29.9 Å². The van der Waals surface area contributed by atoms with Gasteiger partial charge >= 0.3 is 0 Å². The molecule has 2 aromatic carbocycles. The van der Waals surface area contributed by atoms with E-state index in [1.807, 2.05) is 0 Å². The van der Waals surface area contributed by atoms with Crippen LogP contribution in [0.25, 0.3) is 11.3 Å². The van der Waals surface area contributed by atoms with Gasteiger partial charge in [-0.15, -0.1) is 0 Å². The normalized spacial score (nSPS) is 10.5. The summed E-state index contributed by atoms with van der Waals surface area (Å²) < 4.78 is 28.9. The van der Waals surface area contributed by atoms with Gasteiger partial charge in [0.05, 0.1) is 17.8 Å². The van der Waals surface area contributed by atoms with Gasteiger partial charge in [0.25, 0.3) is 0 Å². The maximum atomic E-state index is 14.2. The lowest BCUT2D eigenvalue weighted by molar-refractivity contribution is 0.0972. The third kappa shape index (κ3) is 3.20. The van der Waals surface area contributed by atoms with Crippen LogP contribution in [0.15, 0.2) is 54.6 Å². The van der Waals surface area contributed by atoms with E-state index in [4.69, 9.17) is 0 Å². The zero-order chi connectivity index (χ0) is 18.0. The van der Waals surface area contributed by atoms with E-state index in [2.05, 4.69) is 6.07 Å². The molecule has 124 valence electrons. The first kappa shape index (κ1) is 16.6. The van der Waals surface area contributed by atoms with E-state index in [0.717, 1.165) is 0 Å². The number of carbonyl (C=O) groups excluding carboxylic acids is 1. The SMILES string of the molecule is Cc1cc(C#N)c(-c2ccccc2F)n1CC(=O)c1ccc(F)cc1. The standard InChI is InChI=1S/C20H14F2N2O/c1-13-10-15(11-23)20(17-4-2-3-5-18(17)22)24(13)12-19(25)14-6-8-16(21)9-7-14/h2-10H,12H2,1H3. The molecule has 3 rings (SSSR count). The molecule has 1 aromatic heterocycles. The first-order valence-electron chi connectivity index (χ1n) is 7.65. The van der Waals surface area contributed by atoms with Crippen LogP contribution in [-0.2, 0) is 6.54 Å². The van der Waals surface area contributed by atoms with Gasteiger partial charge in [-0.3, -0.25) is 4.79 Å². The lowest BCUT2D eigenvalue weighted by atomic mass is 10.1. The van der Waals surface area contributed by atoms with Crippen LogP contribution < -0.4 is 0 Å². The molecule has 1 heterocycles. The molecule has 5 heteroatoms. The van der Waals surface area contributed by atoms with Crippen LogP contribution in [0.3, 0.4) is 0 Å².